The third kappa shape index (κ3) is 2.88. The van der Waals surface area contributed by atoms with E-state index in [9.17, 15) is 9.59 Å². The van der Waals surface area contributed by atoms with Crippen LogP contribution < -0.4 is 11.1 Å². The molecule has 0 bridgehead atoms. The summed E-state index contributed by atoms with van der Waals surface area (Å²) in [4.78, 5) is 30.3. The molecule has 1 unspecified atom stereocenters. The third-order valence-corrected chi connectivity index (χ3v) is 4.65. The largest absolute Gasteiger partial charge is 0.368 e. The second-order valence-electron chi connectivity index (χ2n) is 5.51. The first kappa shape index (κ1) is 16.1. The van der Waals surface area contributed by atoms with E-state index in [2.05, 4.69) is 15.5 Å². The van der Waals surface area contributed by atoms with Crippen LogP contribution in [0.5, 0.6) is 0 Å². The molecule has 124 valence electrons. The molecule has 0 saturated carbocycles. The molecule has 1 atom stereocenters. The Balaban J connectivity index is 2.12. The van der Waals surface area contributed by atoms with Crippen LogP contribution in [0.3, 0.4) is 0 Å². The molecule has 0 fully saturated rings. The monoisotopic (exact) mass is 344 g/mol. The fraction of sp³-hybridized carbons (Fsp3) is 0.250. The van der Waals surface area contributed by atoms with Gasteiger partial charge in [-0.3, -0.25) is 9.59 Å². The first-order chi connectivity index (χ1) is 11.4. The molecule has 3 N–H and O–H groups in total. The average molecular weight is 344 g/mol. The van der Waals surface area contributed by atoms with Crippen LogP contribution in [0.2, 0.25) is 0 Å². The summed E-state index contributed by atoms with van der Waals surface area (Å²) in [5.74, 6) is -1.03. The Labute approximate surface area is 141 Å². The summed E-state index contributed by atoms with van der Waals surface area (Å²) in [6, 6.07) is 4.81. The van der Waals surface area contributed by atoms with Gasteiger partial charge in [-0.2, -0.15) is 0 Å². The molecule has 8 heteroatoms. The Hall–Kier alpha value is -2.74. The second kappa shape index (κ2) is 6.04. The van der Waals surface area contributed by atoms with Crippen LogP contribution in [-0.4, -0.2) is 28.0 Å². The maximum Gasteiger partial charge on any atom is 0.259 e. The molecule has 0 radical (unpaired) electrons. The van der Waals surface area contributed by atoms with Gasteiger partial charge >= 0.3 is 0 Å². The van der Waals surface area contributed by atoms with Crippen LogP contribution >= 0.6 is 11.3 Å². The average Bonchev–Trinajstić information content (AvgIpc) is 3.12. The molecular weight excluding hydrogens is 328 g/mol. The Morgan fingerprint density at radius 3 is 2.71 bits per heavy atom. The van der Waals surface area contributed by atoms with Crippen molar-refractivity contribution in [1.29, 1.82) is 0 Å². The van der Waals surface area contributed by atoms with Crippen molar-refractivity contribution in [3.05, 3.63) is 34.3 Å². The topological polar surface area (TPSA) is 111 Å². The molecule has 24 heavy (non-hydrogen) atoms. The summed E-state index contributed by atoms with van der Waals surface area (Å²) in [7, 11) is 0. The number of pyridine rings is 1. The molecule has 0 aromatic carbocycles. The van der Waals surface area contributed by atoms with Gasteiger partial charge in [0.2, 0.25) is 5.91 Å². The normalized spacial score (nSPS) is 12.3. The minimum absolute atomic E-state index is 0.285. The molecule has 0 aliphatic carbocycles. The SMILES string of the molecule is Cc1ccc(-c2cc(C(=O)NC(C)C(N)=O)c3c(C)noc3n2)s1. The first-order valence-corrected chi connectivity index (χ1v) is 8.12. The molecule has 2 amide bonds. The van der Waals surface area contributed by atoms with Crippen molar-refractivity contribution in [3.8, 4) is 10.6 Å². The highest BCUT2D eigenvalue weighted by molar-refractivity contribution is 7.15. The molecule has 3 aromatic rings. The van der Waals surface area contributed by atoms with Gasteiger partial charge in [-0.1, -0.05) is 5.16 Å². The number of primary amides is 1. The lowest BCUT2D eigenvalue weighted by Gasteiger charge is -2.11. The summed E-state index contributed by atoms with van der Waals surface area (Å²) in [5.41, 5.74) is 7.03. The van der Waals surface area contributed by atoms with E-state index in [1.807, 2.05) is 19.1 Å². The number of amides is 2. The van der Waals surface area contributed by atoms with Crippen molar-refractivity contribution in [2.45, 2.75) is 26.8 Å². The summed E-state index contributed by atoms with van der Waals surface area (Å²) < 4.78 is 5.23. The van der Waals surface area contributed by atoms with Gasteiger partial charge in [0, 0.05) is 4.88 Å². The Morgan fingerprint density at radius 2 is 2.08 bits per heavy atom. The number of aryl methyl sites for hydroxylation is 2. The Morgan fingerprint density at radius 1 is 1.33 bits per heavy atom. The molecule has 3 aromatic heterocycles. The van der Waals surface area contributed by atoms with E-state index in [-0.39, 0.29) is 5.71 Å². The molecule has 0 aliphatic rings. The van der Waals surface area contributed by atoms with E-state index in [1.165, 1.54) is 6.92 Å². The zero-order valence-corrected chi connectivity index (χ0v) is 14.2. The number of hydrogen-bond donors (Lipinski definition) is 2. The van der Waals surface area contributed by atoms with Crippen molar-refractivity contribution < 1.29 is 14.1 Å². The van der Waals surface area contributed by atoms with Crippen molar-refractivity contribution in [2.24, 2.45) is 5.73 Å². The van der Waals surface area contributed by atoms with Crippen LogP contribution in [0.15, 0.2) is 22.7 Å². The van der Waals surface area contributed by atoms with Crippen LogP contribution in [0, 0.1) is 13.8 Å². The predicted molar refractivity (Wildman–Crippen MR) is 90.7 cm³/mol. The van der Waals surface area contributed by atoms with Crippen LogP contribution in [0.1, 0.15) is 27.9 Å². The highest BCUT2D eigenvalue weighted by Crippen LogP contribution is 2.31. The second-order valence-corrected chi connectivity index (χ2v) is 6.80. The van der Waals surface area contributed by atoms with Crippen molar-refractivity contribution in [1.82, 2.24) is 15.5 Å². The van der Waals surface area contributed by atoms with E-state index in [1.54, 1.807) is 24.3 Å². The summed E-state index contributed by atoms with van der Waals surface area (Å²) in [5, 5.41) is 7.00. The Kier molecular flexibility index (Phi) is 4.06. The van der Waals surface area contributed by atoms with Gasteiger partial charge in [0.05, 0.1) is 27.2 Å². The van der Waals surface area contributed by atoms with Crippen LogP contribution in [-0.2, 0) is 4.79 Å². The maximum absolute atomic E-state index is 12.6. The molecule has 7 nitrogen and oxygen atoms in total. The van der Waals surface area contributed by atoms with Gasteiger partial charge in [-0.15, -0.1) is 11.3 Å². The number of aromatic nitrogens is 2. The van der Waals surface area contributed by atoms with Crippen molar-refractivity contribution in [2.75, 3.05) is 0 Å². The summed E-state index contributed by atoms with van der Waals surface area (Å²) in [6.07, 6.45) is 0. The highest BCUT2D eigenvalue weighted by Gasteiger charge is 2.22. The quantitative estimate of drug-likeness (QED) is 0.753. The van der Waals surface area contributed by atoms with E-state index in [4.69, 9.17) is 10.3 Å². The maximum atomic E-state index is 12.6. The van der Waals surface area contributed by atoms with Gasteiger partial charge in [-0.05, 0) is 39.0 Å². The predicted octanol–water partition coefficient (Wildman–Crippen LogP) is 2.17. The van der Waals surface area contributed by atoms with E-state index < -0.39 is 17.9 Å². The van der Waals surface area contributed by atoms with Gasteiger partial charge in [0.1, 0.15) is 6.04 Å². The minimum Gasteiger partial charge on any atom is -0.368 e. The minimum atomic E-state index is -0.784. The molecule has 0 saturated heterocycles. The molecular formula is C16H16N4O3S. The Bertz CT molecular complexity index is 944. The number of nitrogens with one attached hydrogen (secondary N) is 1. The first-order valence-electron chi connectivity index (χ1n) is 7.31. The number of hydrogen-bond acceptors (Lipinski definition) is 6. The van der Waals surface area contributed by atoms with Crippen molar-refractivity contribution >= 4 is 34.3 Å². The smallest absolute Gasteiger partial charge is 0.259 e. The van der Waals surface area contributed by atoms with E-state index >= 15 is 0 Å². The molecule has 0 aliphatic heterocycles. The lowest BCUT2D eigenvalue weighted by atomic mass is 10.1. The fourth-order valence-corrected chi connectivity index (χ4v) is 3.15. The van der Waals surface area contributed by atoms with Crippen molar-refractivity contribution in [3.63, 3.8) is 0 Å². The van der Waals surface area contributed by atoms with Gasteiger partial charge in [0.25, 0.3) is 11.6 Å². The molecule has 3 heterocycles. The zero-order chi connectivity index (χ0) is 17.4. The molecule has 0 spiro atoms. The zero-order valence-electron chi connectivity index (χ0n) is 13.4. The van der Waals surface area contributed by atoms with Crippen LogP contribution in [0.25, 0.3) is 21.7 Å². The number of carbonyl (C=O) groups is 2. The van der Waals surface area contributed by atoms with Gasteiger partial charge in [0.15, 0.2) is 0 Å². The van der Waals surface area contributed by atoms with Gasteiger partial charge in [-0.25, -0.2) is 4.98 Å². The number of fused-ring (bicyclic) bond motifs is 1. The molecule has 3 rings (SSSR count). The van der Waals surface area contributed by atoms with E-state index in [0.29, 0.717) is 22.3 Å². The standard InChI is InChI=1S/C16H16N4O3S/c1-7-4-5-12(24-7)11-6-10(15(22)18-9(3)14(17)21)13-8(2)20-23-16(13)19-11/h4-6,9H,1-3H3,(H2,17,21)(H,18,22). The third-order valence-electron chi connectivity index (χ3n) is 3.63. The number of nitrogens with zero attached hydrogens (tertiary/aromatic N) is 2. The fourth-order valence-electron chi connectivity index (χ4n) is 2.32. The van der Waals surface area contributed by atoms with E-state index in [0.717, 1.165) is 9.75 Å². The number of rotatable bonds is 4. The lowest BCUT2D eigenvalue weighted by Crippen LogP contribution is -2.42. The van der Waals surface area contributed by atoms with Crippen LogP contribution in [0.4, 0.5) is 0 Å². The summed E-state index contributed by atoms with van der Waals surface area (Å²) in [6.45, 7) is 5.26. The number of carbonyl (C=O) groups excluding carboxylic acids is 2. The highest BCUT2D eigenvalue weighted by atomic mass is 32.1. The lowest BCUT2D eigenvalue weighted by molar-refractivity contribution is -0.119. The van der Waals surface area contributed by atoms with Gasteiger partial charge < -0.3 is 15.6 Å². The number of thiophene rings is 1. The summed E-state index contributed by atoms with van der Waals surface area (Å²) >= 11 is 1.57. The number of nitrogens with two attached hydrogens (primary N) is 1.